The van der Waals surface area contributed by atoms with Crippen LogP contribution in [0.25, 0.3) is 10.9 Å². The smallest absolute Gasteiger partial charge is 0.399 e. The lowest BCUT2D eigenvalue weighted by Crippen LogP contribution is -2.49. The number of fused-ring (bicyclic) bond motifs is 1. The Labute approximate surface area is 162 Å². The number of benzene rings is 1. The molecule has 3 amide bonds. The van der Waals surface area contributed by atoms with Crippen LogP contribution in [0.5, 0.6) is 0 Å². The van der Waals surface area contributed by atoms with Crippen LogP contribution in [0.4, 0.5) is 15.0 Å². The summed E-state index contributed by atoms with van der Waals surface area (Å²) in [5.74, 6) is -0.536. The number of amides is 3. The number of imide groups is 1. The highest BCUT2D eigenvalue weighted by Gasteiger charge is 2.52. The normalized spacial score (nSPS) is 21.5. The molecule has 2 aliphatic rings. The zero-order valence-electron chi connectivity index (χ0n) is 16.5. The largest absolute Gasteiger partial charge is 0.497 e. The molecule has 0 saturated carbocycles. The van der Waals surface area contributed by atoms with Gasteiger partial charge in [0.2, 0.25) is 5.91 Å². The Morgan fingerprint density at radius 3 is 2.43 bits per heavy atom. The summed E-state index contributed by atoms with van der Waals surface area (Å²) in [4.78, 5) is 24.9. The molecule has 10 heteroatoms. The SMILES string of the molecule is Cn1nc(N2CCC(=O)NC2=O)c2cc(F)c(B3OC(C)(C)C(C)(C)O3)cc21. The second-order valence-corrected chi connectivity index (χ2v) is 8.18. The van der Waals surface area contributed by atoms with E-state index >= 15 is 4.39 Å². The molecule has 28 heavy (non-hydrogen) atoms. The summed E-state index contributed by atoms with van der Waals surface area (Å²) in [6.07, 6.45) is 0.165. The molecule has 0 unspecified atom stereocenters. The zero-order chi connectivity index (χ0) is 20.4. The van der Waals surface area contributed by atoms with Gasteiger partial charge >= 0.3 is 13.1 Å². The van der Waals surface area contributed by atoms with Crippen LogP contribution in [0.15, 0.2) is 12.1 Å². The van der Waals surface area contributed by atoms with Gasteiger partial charge in [-0.25, -0.2) is 9.18 Å². The van der Waals surface area contributed by atoms with E-state index in [-0.39, 0.29) is 24.3 Å². The molecule has 1 N–H and O–H groups in total. The van der Waals surface area contributed by atoms with E-state index in [9.17, 15) is 9.59 Å². The second-order valence-electron chi connectivity index (χ2n) is 8.18. The number of aromatic nitrogens is 2. The number of carbonyl (C=O) groups is 2. The van der Waals surface area contributed by atoms with Crippen molar-refractivity contribution in [3.05, 3.63) is 17.9 Å². The number of carbonyl (C=O) groups excluding carboxylic acids is 2. The Hall–Kier alpha value is -2.46. The monoisotopic (exact) mass is 388 g/mol. The van der Waals surface area contributed by atoms with E-state index in [1.54, 1.807) is 17.8 Å². The summed E-state index contributed by atoms with van der Waals surface area (Å²) < 4.78 is 28.5. The van der Waals surface area contributed by atoms with Gasteiger partial charge in [-0.05, 0) is 39.8 Å². The molecular formula is C18H22BFN4O4. The van der Waals surface area contributed by atoms with E-state index < -0.39 is 30.2 Å². The number of halogens is 1. The van der Waals surface area contributed by atoms with E-state index in [0.29, 0.717) is 16.7 Å². The predicted octanol–water partition coefficient (Wildman–Crippen LogP) is 1.46. The Balaban J connectivity index is 1.76. The van der Waals surface area contributed by atoms with Crippen LogP contribution in [0.2, 0.25) is 0 Å². The number of aryl methyl sites for hydroxylation is 1. The summed E-state index contributed by atoms with van der Waals surface area (Å²) in [7, 11) is 0.869. The standard InChI is InChI=1S/C18H22BFN4O4/c1-17(2)18(3,4)28-19(27-17)11-9-13-10(8-12(11)20)15(22-23(13)5)24-7-6-14(25)21-16(24)26/h8-9H,6-7H2,1-5H3,(H,21,25,26). The molecular weight excluding hydrogens is 366 g/mol. The van der Waals surface area contributed by atoms with Crippen molar-refractivity contribution in [3.8, 4) is 0 Å². The summed E-state index contributed by atoms with van der Waals surface area (Å²) >= 11 is 0. The van der Waals surface area contributed by atoms with Crippen LogP contribution in [-0.2, 0) is 21.2 Å². The number of rotatable bonds is 2. The minimum atomic E-state index is -0.844. The van der Waals surface area contributed by atoms with E-state index in [2.05, 4.69) is 10.4 Å². The minimum Gasteiger partial charge on any atom is -0.399 e. The first-order chi connectivity index (χ1) is 13.0. The van der Waals surface area contributed by atoms with Gasteiger partial charge in [-0.2, -0.15) is 5.10 Å². The molecule has 0 radical (unpaired) electrons. The fourth-order valence-electron chi connectivity index (χ4n) is 3.39. The van der Waals surface area contributed by atoms with Crippen molar-refractivity contribution in [2.75, 3.05) is 11.4 Å². The maximum absolute atomic E-state index is 15.0. The van der Waals surface area contributed by atoms with Crippen molar-refractivity contribution < 1.29 is 23.3 Å². The quantitative estimate of drug-likeness (QED) is 0.788. The molecule has 1 aromatic carbocycles. The Morgan fingerprint density at radius 1 is 1.18 bits per heavy atom. The van der Waals surface area contributed by atoms with Crippen LogP contribution < -0.4 is 15.7 Å². The van der Waals surface area contributed by atoms with Gasteiger partial charge in [0.15, 0.2) is 5.82 Å². The van der Waals surface area contributed by atoms with E-state index in [1.165, 1.54) is 11.0 Å². The number of anilines is 1. The van der Waals surface area contributed by atoms with Crippen molar-refractivity contribution in [1.29, 1.82) is 0 Å². The first-order valence-corrected chi connectivity index (χ1v) is 9.13. The molecule has 2 aliphatic heterocycles. The Bertz CT molecular complexity index is 987. The second kappa shape index (κ2) is 6.02. The van der Waals surface area contributed by atoms with E-state index in [4.69, 9.17) is 9.31 Å². The van der Waals surface area contributed by atoms with Gasteiger partial charge in [-0.3, -0.25) is 19.7 Å². The molecule has 0 atom stereocenters. The topological polar surface area (TPSA) is 85.7 Å². The van der Waals surface area contributed by atoms with Crippen molar-refractivity contribution in [3.63, 3.8) is 0 Å². The van der Waals surface area contributed by atoms with E-state index in [0.717, 1.165) is 0 Å². The average Bonchev–Trinajstić information content (AvgIpc) is 2.99. The number of nitrogens with one attached hydrogen (secondary N) is 1. The average molecular weight is 388 g/mol. The zero-order valence-corrected chi connectivity index (χ0v) is 16.5. The van der Waals surface area contributed by atoms with Gasteiger partial charge in [-0.1, -0.05) is 0 Å². The molecule has 0 aliphatic carbocycles. The fourth-order valence-corrected chi connectivity index (χ4v) is 3.39. The lowest BCUT2D eigenvalue weighted by Gasteiger charge is -2.32. The summed E-state index contributed by atoms with van der Waals surface area (Å²) in [5.41, 5.74) is -0.269. The number of urea groups is 1. The fraction of sp³-hybridized carbons (Fsp3) is 0.500. The Kier molecular flexibility index (Phi) is 4.06. The first kappa shape index (κ1) is 18.9. The maximum Gasteiger partial charge on any atom is 0.497 e. The highest BCUT2D eigenvalue weighted by atomic mass is 19.1. The molecule has 2 aromatic rings. The van der Waals surface area contributed by atoms with Crippen LogP contribution in [-0.4, -0.2) is 46.6 Å². The van der Waals surface area contributed by atoms with Crippen molar-refractivity contribution in [2.24, 2.45) is 7.05 Å². The predicted molar refractivity (Wildman–Crippen MR) is 102 cm³/mol. The van der Waals surface area contributed by atoms with Crippen LogP contribution in [0.3, 0.4) is 0 Å². The summed E-state index contributed by atoms with van der Waals surface area (Å²) in [6.45, 7) is 7.81. The van der Waals surface area contributed by atoms with Crippen LogP contribution in [0, 0.1) is 5.82 Å². The minimum absolute atomic E-state index is 0.165. The molecule has 2 saturated heterocycles. The van der Waals surface area contributed by atoms with Crippen LogP contribution in [0.1, 0.15) is 34.1 Å². The third kappa shape index (κ3) is 2.79. The first-order valence-electron chi connectivity index (χ1n) is 9.13. The van der Waals surface area contributed by atoms with Gasteiger partial charge < -0.3 is 9.31 Å². The van der Waals surface area contributed by atoms with Crippen molar-refractivity contribution in [2.45, 2.75) is 45.3 Å². The molecule has 1 aromatic heterocycles. The highest BCUT2D eigenvalue weighted by Crippen LogP contribution is 2.37. The van der Waals surface area contributed by atoms with Crippen molar-refractivity contribution >= 4 is 41.2 Å². The molecule has 0 bridgehead atoms. The van der Waals surface area contributed by atoms with Gasteiger partial charge in [0.25, 0.3) is 0 Å². The Morgan fingerprint density at radius 2 is 1.82 bits per heavy atom. The number of nitrogens with zero attached hydrogens (tertiary/aromatic N) is 3. The number of hydrogen-bond donors (Lipinski definition) is 1. The lowest BCUT2D eigenvalue weighted by atomic mass is 9.78. The van der Waals surface area contributed by atoms with Gasteiger partial charge in [-0.15, -0.1) is 0 Å². The van der Waals surface area contributed by atoms with Gasteiger partial charge in [0.1, 0.15) is 5.82 Å². The molecule has 3 heterocycles. The van der Waals surface area contributed by atoms with Gasteiger partial charge in [0, 0.05) is 30.9 Å². The maximum atomic E-state index is 15.0. The third-order valence-corrected chi connectivity index (χ3v) is 5.77. The molecule has 148 valence electrons. The molecule has 4 rings (SSSR count). The molecule has 0 spiro atoms. The van der Waals surface area contributed by atoms with Crippen LogP contribution >= 0.6 is 0 Å². The summed E-state index contributed by atoms with van der Waals surface area (Å²) in [5, 5.41) is 7.11. The lowest BCUT2D eigenvalue weighted by molar-refractivity contribution is -0.120. The van der Waals surface area contributed by atoms with Gasteiger partial charge in [0.05, 0.1) is 16.7 Å². The summed E-state index contributed by atoms with van der Waals surface area (Å²) in [6, 6.07) is 2.41. The highest BCUT2D eigenvalue weighted by molar-refractivity contribution is 6.62. The van der Waals surface area contributed by atoms with E-state index in [1.807, 2.05) is 27.7 Å². The number of hydrogen-bond acceptors (Lipinski definition) is 5. The molecule has 8 nitrogen and oxygen atoms in total. The molecule has 2 fully saturated rings. The van der Waals surface area contributed by atoms with Crippen molar-refractivity contribution in [1.82, 2.24) is 15.1 Å². The third-order valence-electron chi connectivity index (χ3n) is 5.77.